The van der Waals surface area contributed by atoms with Crippen LogP contribution in [-0.4, -0.2) is 49.0 Å². The van der Waals surface area contributed by atoms with Crippen LogP contribution in [0.15, 0.2) is 18.2 Å². The van der Waals surface area contributed by atoms with Gasteiger partial charge in [-0.1, -0.05) is 27.2 Å². The van der Waals surface area contributed by atoms with Gasteiger partial charge in [-0.3, -0.25) is 14.5 Å². The van der Waals surface area contributed by atoms with Gasteiger partial charge in [-0.25, -0.2) is 4.79 Å². The molecule has 1 heterocycles. The summed E-state index contributed by atoms with van der Waals surface area (Å²) >= 11 is 0. The molecule has 2 N–H and O–H groups in total. The molecule has 0 radical (unpaired) electrons. The number of fused-ring (bicyclic) bond motifs is 1. The molecule has 4 amide bonds. The number of rotatable bonds is 10. The summed E-state index contributed by atoms with van der Waals surface area (Å²) in [7, 11) is 0. The Labute approximate surface area is 160 Å². The minimum Gasteiger partial charge on any atom is -0.381 e. The number of urea groups is 1. The Kier molecular flexibility index (Phi) is 7.79. The van der Waals surface area contributed by atoms with Crippen molar-refractivity contribution in [1.82, 2.24) is 10.2 Å². The Hall–Kier alpha value is -2.41. The smallest absolute Gasteiger partial charge is 0.319 e. The van der Waals surface area contributed by atoms with Gasteiger partial charge in [0.1, 0.15) is 0 Å². The van der Waals surface area contributed by atoms with Gasteiger partial charge in [-0.05, 0) is 37.0 Å². The highest BCUT2D eigenvalue weighted by Crippen LogP contribution is 2.26. The van der Waals surface area contributed by atoms with Crippen LogP contribution in [0.3, 0.4) is 0 Å². The molecule has 0 saturated heterocycles. The maximum Gasteiger partial charge on any atom is 0.319 e. The third-order valence-corrected chi connectivity index (χ3v) is 4.17. The Morgan fingerprint density at radius 2 is 1.81 bits per heavy atom. The topological polar surface area (TPSA) is 87.7 Å². The summed E-state index contributed by atoms with van der Waals surface area (Å²) in [6, 6.07) is 4.44. The van der Waals surface area contributed by atoms with E-state index in [1.807, 2.05) is 13.8 Å². The number of nitrogens with zero attached hydrogens (tertiary/aromatic N) is 1. The number of hydrogen-bond acceptors (Lipinski definition) is 4. The summed E-state index contributed by atoms with van der Waals surface area (Å²) in [5.41, 5.74) is 1.21. The van der Waals surface area contributed by atoms with Gasteiger partial charge in [-0.2, -0.15) is 0 Å². The van der Waals surface area contributed by atoms with E-state index in [4.69, 9.17) is 4.74 Å². The molecular weight excluding hydrogens is 346 g/mol. The van der Waals surface area contributed by atoms with Gasteiger partial charge in [0.25, 0.3) is 11.8 Å². The molecule has 1 aromatic carbocycles. The second-order valence-electron chi connectivity index (χ2n) is 7.08. The quantitative estimate of drug-likeness (QED) is 0.485. The van der Waals surface area contributed by atoms with E-state index in [1.54, 1.807) is 18.2 Å². The molecule has 0 unspecified atom stereocenters. The van der Waals surface area contributed by atoms with Crippen LogP contribution < -0.4 is 10.6 Å². The first-order valence-electron chi connectivity index (χ1n) is 9.56. The molecule has 148 valence electrons. The van der Waals surface area contributed by atoms with Crippen LogP contribution in [0.4, 0.5) is 10.5 Å². The molecule has 1 aromatic rings. The summed E-state index contributed by atoms with van der Waals surface area (Å²) < 4.78 is 5.44. The second-order valence-corrected chi connectivity index (χ2v) is 7.08. The van der Waals surface area contributed by atoms with Crippen molar-refractivity contribution in [1.29, 1.82) is 0 Å². The van der Waals surface area contributed by atoms with Crippen molar-refractivity contribution in [2.75, 3.05) is 31.6 Å². The van der Waals surface area contributed by atoms with E-state index in [0.29, 0.717) is 36.5 Å². The Bertz CT molecular complexity index is 688. The van der Waals surface area contributed by atoms with Crippen molar-refractivity contribution in [3.63, 3.8) is 0 Å². The lowest BCUT2D eigenvalue weighted by atomic mass is 10.1. The third kappa shape index (κ3) is 5.79. The molecule has 0 aliphatic carbocycles. The van der Waals surface area contributed by atoms with Crippen LogP contribution in [0.1, 0.15) is 60.7 Å². The van der Waals surface area contributed by atoms with Gasteiger partial charge < -0.3 is 15.4 Å². The van der Waals surface area contributed by atoms with Crippen LogP contribution >= 0.6 is 0 Å². The number of anilines is 1. The van der Waals surface area contributed by atoms with Gasteiger partial charge in [0, 0.05) is 32.0 Å². The number of carbonyl (C=O) groups is 3. The highest BCUT2D eigenvalue weighted by atomic mass is 16.5. The van der Waals surface area contributed by atoms with Gasteiger partial charge in [-0.15, -0.1) is 0 Å². The van der Waals surface area contributed by atoms with E-state index < -0.39 is 0 Å². The van der Waals surface area contributed by atoms with E-state index >= 15 is 0 Å². The second kappa shape index (κ2) is 10.1. The minimum atomic E-state index is -0.348. The number of hydrogen-bond donors (Lipinski definition) is 2. The van der Waals surface area contributed by atoms with E-state index in [0.717, 1.165) is 25.9 Å². The minimum absolute atomic E-state index is 0.196. The van der Waals surface area contributed by atoms with Gasteiger partial charge in [0.05, 0.1) is 11.1 Å². The summed E-state index contributed by atoms with van der Waals surface area (Å²) in [4.78, 5) is 38.0. The zero-order chi connectivity index (χ0) is 19.8. The molecule has 7 nitrogen and oxygen atoms in total. The van der Waals surface area contributed by atoms with Crippen molar-refractivity contribution in [3.05, 3.63) is 29.3 Å². The summed E-state index contributed by atoms with van der Waals surface area (Å²) in [6.07, 6.45) is 2.88. The van der Waals surface area contributed by atoms with Crippen LogP contribution in [0.25, 0.3) is 0 Å². The average Bonchev–Trinajstić information content (AvgIpc) is 2.85. The molecule has 7 heteroatoms. The Balaban J connectivity index is 1.84. The van der Waals surface area contributed by atoms with E-state index in [1.165, 1.54) is 4.90 Å². The number of nitrogens with one attached hydrogen (secondary N) is 2. The third-order valence-electron chi connectivity index (χ3n) is 4.17. The number of amides is 4. The van der Waals surface area contributed by atoms with E-state index in [9.17, 15) is 14.4 Å². The Morgan fingerprint density at radius 1 is 1.11 bits per heavy atom. The summed E-state index contributed by atoms with van der Waals surface area (Å²) in [6.45, 7) is 8.27. The highest BCUT2D eigenvalue weighted by molar-refractivity contribution is 6.21. The SMILES string of the molecule is CCCCOCCCNC(=O)Nc1ccc2c(c1)C(=O)N(CC(C)C)C2=O. The first kappa shape index (κ1) is 20.9. The number of imide groups is 1. The predicted molar refractivity (Wildman–Crippen MR) is 104 cm³/mol. The molecule has 0 spiro atoms. The van der Waals surface area contributed by atoms with Crippen LogP contribution in [-0.2, 0) is 4.74 Å². The zero-order valence-corrected chi connectivity index (χ0v) is 16.3. The van der Waals surface area contributed by atoms with E-state index in [-0.39, 0.29) is 23.8 Å². The fourth-order valence-electron chi connectivity index (χ4n) is 2.80. The van der Waals surface area contributed by atoms with Crippen LogP contribution in [0.5, 0.6) is 0 Å². The number of ether oxygens (including phenoxy) is 1. The average molecular weight is 375 g/mol. The summed E-state index contributed by atoms with van der Waals surface area (Å²) in [5.74, 6) is -0.388. The molecule has 1 aliphatic heterocycles. The fourth-order valence-corrected chi connectivity index (χ4v) is 2.80. The van der Waals surface area contributed by atoms with Crippen molar-refractivity contribution in [2.24, 2.45) is 5.92 Å². The van der Waals surface area contributed by atoms with Gasteiger partial charge in [0.2, 0.25) is 0 Å². The van der Waals surface area contributed by atoms with Crippen molar-refractivity contribution in [2.45, 2.75) is 40.0 Å². The molecular formula is C20H29N3O4. The molecule has 0 bridgehead atoms. The zero-order valence-electron chi connectivity index (χ0n) is 16.3. The molecule has 0 saturated carbocycles. The first-order valence-corrected chi connectivity index (χ1v) is 9.56. The largest absolute Gasteiger partial charge is 0.381 e. The normalized spacial score (nSPS) is 13.3. The molecule has 0 fully saturated rings. The number of carbonyl (C=O) groups excluding carboxylic acids is 3. The van der Waals surface area contributed by atoms with Crippen molar-refractivity contribution >= 4 is 23.5 Å². The van der Waals surface area contributed by atoms with E-state index in [2.05, 4.69) is 17.6 Å². The van der Waals surface area contributed by atoms with Gasteiger partial charge in [0.15, 0.2) is 0 Å². The first-order chi connectivity index (χ1) is 12.9. The summed E-state index contributed by atoms with van der Waals surface area (Å²) in [5, 5.41) is 5.45. The molecule has 0 atom stereocenters. The fraction of sp³-hybridized carbons (Fsp3) is 0.550. The molecule has 1 aliphatic rings. The molecule has 0 aromatic heterocycles. The van der Waals surface area contributed by atoms with Crippen LogP contribution in [0, 0.1) is 5.92 Å². The van der Waals surface area contributed by atoms with Crippen LogP contribution in [0.2, 0.25) is 0 Å². The monoisotopic (exact) mass is 375 g/mol. The lowest BCUT2D eigenvalue weighted by Crippen LogP contribution is -2.33. The van der Waals surface area contributed by atoms with Crippen molar-refractivity contribution in [3.8, 4) is 0 Å². The molecule has 27 heavy (non-hydrogen) atoms. The maximum atomic E-state index is 12.5. The number of unbranched alkanes of at least 4 members (excludes halogenated alkanes) is 1. The standard InChI is InChI=1S/C20H29N3O4/c1-4-5-10-27-11-6-9-21-20(26)22-15-7-8-16-17(12-15)19(25)23(18(16)24)13-14(2)3/h7-8,12,14H,4-6,9-11,13H2,1-3H3,(H2,21,22,26). The Morgan fingerprint density at radius 3 is 2.52 bits per heavy atom. The highest BCUT2D eigenvalue weighted by Gasteiger charge is 2.35. The lowest BCUT2D eigenvalue weighted by Gasteiger charge is -2.15. The maximum absolute atomic E-state index is 12.5. The predicted octanol–water partition coefficient (Wildman–Crippen LogP) is 3.27. The lowest BCUT2D eigenvalue weighted by molar-refractivity contribution is 0.0636. The molecule has 2 rings (SSSR count). The number of benzene rings is 1. The van der Waals surface area contributed by atoms with Crippen molar-refractivity contribution < 1.29 is 19.1 Å². The van der Waals surface area contributed by atoms with Gasteiger partial charge >= 0.3 is 6.03 Å².